The minimum absolute atomic E-state index is 0.623. The van der Waals surface area contributed by atoms with Crippen LogP contribution in [0.3, 0.4) is 0 Å². The van der Waals surface area contributed by atoms with Crippen LogP contribution in [0.2, 0.25) is 0 Å². The lowest BCUT2D eigenvalue weighted by atomic mass is 10.3. The van der Waals surface area contributed by atoms with Crippen molar-refractivity contribution in [1.82, 2.24) is 0 Å². The first-order valence-electron chi connectivity index (χ1n) is 6.71. The van der Waals surface area contributed by atoms with Gasteiger partial charge in [0.1, 0.15) is 0 Å². The fraction of sp³-hybridized carbons (Fsp3) is 1.00. The number of rotatable bonds is 12. The van der Waals surface area contributed by atoms with Crippen LogP contribution in [-0.4, -0.2) is 36.0 Å². The molecule has 0 saturated carbocycles. The van der Waals surface area contributed by atoms with Crippen LogP contribution in [0, 0.1) is 0 Å². The summed E-state index contributed by atoms with van der Waals surface area (Å²) < 4.78 is 22.5. The van der Waals surface area contributed by atoms with E-state index in [9.17, 15) is 0 Å². The lowest BCUT2D eigenvalue weighted by molar-refractivity contribution is -0.0230. The molecule has 0 rings (SSSR count). The molecular formula is C12H28O4Si. The molecule has 0 fully saturated rings. The fourth-order valence-corrected chi connectivity index (χ4v) is 3.21. The van der Waals surface area contributed by atoms with E-state index in [2.05, 4.69) is 20.8 Å². The Morgan fingerprint density at radius 1 is 0.706 bits per heavy atom. The summed E-state index contributed by atoms with van der Waals surface area (Å²) in [4.78, 5) is 0. The van der Waals surface area contributed by atoms with Crippen molar-refractivity contribution in [2.24, 2.45) is 0 Å². The first kappa shape index (κ1) is 17.1. The monoisotopic (exact) mass is 264 g/mol. The predicted molar refractivity (Wildman–Crippen MR) is 70.7 cm³/mol. The van der Waals surface area contributed by atoms with Gasteiger partial charge in [-0.1, -0.05) is 33.6 Å². The van der Waals surface area contributed by atoms with Crippen LogP contribution in [0.5, 0.6) is 0 Å². The second-order valence-electron chi connectivity index (χ2n) is 3.96. The van der Waals surface area contributed by atoms with E-state index >= 15 is 0 Å². The second-order valence-corrected chi connectivity index (χ2v) is 6.23. The quantitative estimate of drug-likeness (QED) is 0.401. The van der Waals surface area contributed by atoms with Gasteiger partial charge >= 0.3 is 9.05 Å². The Bertz CT molecular complexity index is 159. The van der Waals surface area contributed by atoms with Gasteiger partial charge in [0.05, 0.1) is 0 Å². The summed E-state index contributed by atoms with van der Waals surface area (Å²) in [7, 11) is -1.25. The van der Waals surface area contributed by atoms with Crippen molar-refractivity contribution in [3.8, 4) is 0 Å². The van der Waals surface area contributed by atoms with Gasteiger partial charge in [-0.25, -0.2) is 0 Å². The number of unbranched alkanes of at least 4 members (excludes halogenated alkanes) is 2. The van der Waals surface area contributed by atoms with Crippen molar-refractivity contribution >= 4 is 9.05 Å². The summed E-state index contributed by atoms with van der Waals surface area (Å²) in [6.45, 7) is 8.19. The highest BCUT2D eigenvalue weighted by molar-refractivity contribution is 6.53. The van der Waals surface area contributed by atoms with Crippen molar-refractivity contribution < 1.29 is 17.7 Å². The Kier molecular flexibility index (Phi) is 11.2. The van der Waals surface area contributed by atoms with Gasteiger partial charge in [0.2, 0.25) is 0 Å². The average Bonchev–Trinajstić information content (AvgIpc) is 2.37. The maximum atomic E-state index is 5.76. The van der Waals surface area contributed by atoms with Crippen molar-refractivity contribution in [1.29, 1.82) is 0 Å². The highest BCUT2D eigenvalue weighted by Crippen LogP contribution is 2.13. The van der Waals surface area contributed by atoms with E-state index in [4.69, 9.17) is 17.7 Å². The zero-order valence-corrected chi connectivity index (χ0v) is 12.8. The molecule has 0 N–H and O–H groups in total. The summed E-state index contributed by atoms with van der Waals surface area (Å²) in [5, 5.41) is 0. The first-order chi connectivity index (χ1) is 8.24. The molecular weight excluding hydrogens is 236 g/mol. The molecule has 0 amide bonds. The minimum Gasteiger partial charge on any atom is -0.355 e. The van der Waals surface area contributed by atoms with Crippen LogP contribution < -0.4 is 0 Å². The predicted octanol–water partition coefficient (Wildman–Crippen LogP) is 3.13. The topological polar surface area (TPSA) is 36.9 Å². The van der Waals surface area contributed by atoms with Crippen LogP contribution in [0.25, 0.3) is 0 Å². The summed E-state index contributed by atoms with van der Waals surface area (Å²) in [6, 6.07) is 0. The Morgan fingerprint density at radius 3 is 1.65 bits per heavy atom. The Hall–Kier alpha value is 0.0569. The van der Waals surface area contributed by atoms with Crippen molar-refractivity contribution in [2.75, 3.05) is 26.9 Å². The largest absolute Gasteiger partial charge is 0.679 e. The van der Waals surface area contributed by atoms with Gasteiger partial charge in [0.15, 0.2) is 0 Å². The van der Waals surface area contributed by atoms with Gasteiger partial charge in [-0.15, -0.1) is 0 Å². The highest BCUT2D eigenvalue weighted by Gasteiger charge is 2.44. The second kappa shape index (κ2) is 11.2. The molecule has 0 bridgehead atoms. The number of hydrogen-bond donors (Lipinski definition) is 0. The molecule has 0 aliphatic heterocycles. The molecule has 0 aromatic rings. The third-order valence-corrected chi connectivity index (χ3v) is 4.42. The van der Waals surface area contributed by atoms with E-state index in [0.717, 1.165) is 25.7 Å². The SMILES string of the molecule is CCCCCO[Si](OC)(OCCC)OCCC. The molecule has 0 aliphatic carbocycles. The maximum absolute atomic E-state index is 5.76. The fourth-order valence-electron chi connectivity index (χ4n) is 1.31. The van der Waals surface area contributed by atoms with Crippen molar-refractivity contribution in [3.63, 3.8) is 0 Å². The minimum atomic E-state index is -2.86. The molecule has 0 atom stereocenters. The third-order valence-electron chi connectivity index (χ3n) is 2.24. The van der Waals surface area contributed by atoms with Gasteiger partial charge in [-0.05, 0) is 19.3 Å². The van der Waals surface area contributed by atoms with E-state index in [1.807, 2.05) is 0 Å². The molecule has 0 spiro atoms. The van der Waals surface area contributed by atoms with E-state index < -0.39 is 9.05 Å². The van der Waals surface area contributed by atoms with Gasteiger partial charge in [-0.3, -0.25) is 0 Å². The van der Waals surface area contributed by atoms with Crippen LogP contribution in [0.15, 0.2) is 0 Å². The van der Waals surface area contributed by atoms with Crippen molar-refractivity contribution in [2.45, 2.75) is 52.9 Å². The molecule has 17 heavy (non-hydrogen) atoms. The Balaban J connectivity index is 4.12. The first-order valence-corrected chi connectivity index (χ1v) is 8.35. The van der Waals surface area contributed by atoms with Crippen LogP contribution >= 0.6 is 0 Å². The van der Waals surface area contributed by atoms with E-state index in [-0.39, 0.29) is 0 Å². The molecule has 104 valence electrons. The standard InChI is InChI=1S/C12H28O4Si/c1-5-8-9-12-16-17(13-4,14-10-6-2)15-11-7-3/h5-12H2,1-4H3. The molecule has 0 saturated heterocycles. The molecule has 0 aromatic carbocycles. The summed E-state index contributed by atoms with van der Waals surface area (Å²) in [5.41, 5.74) is 0. The lowest BCUT2D eigenvalue weighted by Gasteiger charge is -2.26. The lowest BCUT2D eigenvalue weighted by Crippen LogP contribution is -2.49. The Morgan fingerprint density at radius 2 is 1.24 bits per heavy atom. The van der Waals surface area contributed by atoms with Gasteiger partial charge < -0.3 is 17.7 Å². The van der Waals surface area contributed by atoms with Crippen LogP contribution in [0.4, 0.5) is 0 Å². The van der Waals surface area contributed by atoms with Crippen molar-refractivity contribution in [3.05, 3.63) is 0 Å². The molecule has 0 aromatic heterocycles. The van der Waals surface area contributed by atoms with E-state index in [0.29, 0.717) is 19.8 Å². The van der Waals surface area contributed by atoms with E-state index in [1.54, 1.807) is 7.11 Å². The van der Waals surface area contributed by atoms with Crippen LogP contribution in [0.1, 0.15) is 52.9 Å². The molecule has 0 heterocycles. The molecule has 0 aliphatic rings. The zero-order chi connectivity index (χ0) is 13.0. The summed E-state index contributed by atoms with van der Waals surface area (Å²) in [6.07, 6.45) is 5.24. The van der Waals surface area contributed by atoms with Gasteiger partial charge in [0, 0.05) is 26.9 Å². The third kappa shape index (κ3) is 7.89. The smallest absolute Gasteiger partial charge is 0.355 e. The summed E-state index contributed by atoms with van der Waals surface area (Å²) in [5.74, 6) is 0. The Labute approximate surface area is 107 Å². The number of hydrogen-bond acceptors (Lipinski definition) is 4. The van der Waals surface area contributed by atoms with Gasteiger partial charge in [-0.2, -0.15) is 0 Å². The average molecular weight is 264 g/mol. The maximum Gasteiger partial charge on any atom is 0.679 e. The van der Waals surface area contributed by atoms with Crippen LogP contribution in [-0.2, 0) is 17.7 Å². The highest BCUT2D eigenvalue weighted by atomic mass is 28.4. The zero-order valence-electron chi connectivity index (χ0n) is 11.8. The molecule has 5 heteroatoms. The van der Waals surface area contributed by atoms with E-state index in [1.165, 1.54) is 6.42 Å². The molecule has 0 unspecified atom stereocenters. The van der Waals surface area contributed by atoms with Gasteiger partial charge in [0.25, 0.3) is 0 Å². The normalized spacial score (nSPS) is 12.0. The molecule has 0 radical (unpaired) electrons. The summed E-state index contributed by atoms with van der Waals surface area (Å²) >= 11 is 0. The molecule has 4 nitrogen and oxygen atoms in total.